The van der Waals surface area contributed by atoms with Crippen LogP contribution in [0.2, 0.25) is 0 Å². The predicted molar refractivity (Wildman–Crippen MR) is 162 cm³/mol. The molecule has 1 fully saturated rings. The largest absolute Gasteiger partial charge is 0.490 e. The van der Waals surface area contributed by atoms with E-state index in [9.17, 15) is 9.59 Å². The van der Waals surface area contributed by atoms with Crippen LogP contribution in [0.15, 0.2) is 109 Å². The quantitative estimate of drug-likeness (QED) is 0.139. The third-order valence-electron chi connectivity index (χ3n) is 6.33. The van der Waals surface area contributed by atoms with Crippen molar-refractivity contribution in [2.24, 2.45) is 0 Å². The molecule has 40 heavy (non-hydrogen) atoms. The minimum absolute atomic E-state index is 0.0165. The summed E-state index contributed by atoms with van der Waals surface area (Å²) in [7, 11) is 0. The number of nitrogens with zero attached hydrogens (tertiary/aromatic N) is 2. The van der Waals surface area contributed by atoms with E-state index in [0.29, 0.717) is 41.7 Å². The Bertz CT molecular complexity index is 1520. The van der Waals surface area contributed by atoms with Gasteiger partial charge in [-0.15, -0.1) is 0 Å². The SMILES string of the molecule is CCOc1cc(C=C2C(=O)N(c3ccccc3)C(=S)N(c3ccccc3)C2=O)ccc1OCc1cccc(C)c1. The molecule has 0 saturated carbocycles. The van der Waals surface area contributed by atoms with Gasteiger partial charge in [0.05, 0.1) is 18.0 Å². The van der Waals surface area contributed by atoms with Gasteiger partial charge in [-0.25, -0.2) is 0 Å². The Morgan fingerprint density at radius 1 is 0.725 bits per heavy atom. The van der Waals surface area contributed by atoms with Gasteiger partial charge in [0, 0.05) is 0 Å². The van der Waals surface area contributed by atoms with E-state index >= 15 is 0 Å². The summed E-state index contributed by atoms with van der Waals surface area (Å²) >= 11 is 5.68. The number of aryl methyl sites for hydroxylation is 1. The molecule has 0 aliphatic carbocycles. The number of benzene rings is 4. The van der Waals surface area contributed by atoms with E-state index in [2.05, 4.69) is 6.07 Å². The molecule has 0 unspecified atom stereocenters. The highest BCUT2D eigenvalue weighted by atomic mass is 32.1. The molecule has 0 atom stereocenters. The first-order chi connectivity index (χ1) is 19.5. The molecular formula is C33H28N2O4S. The zero-order chi connectivity index (χ0) is 28.1. The summed E-state index contributed by atoms with van der Waals surface area (Å²) in [5.41, 5.74) is 3.96. The van der Waals surface area contributed by atoms with Gasteiger partial charge in [-0.3, -0.25) is 19.4 Å². The number of carbonyl (C=O) groups is 2. The fourth-order valence-electron chi connectivity index (χ4n) is 4.47. The lowest BCUT2D eigenvalue weighted by Crippen LogP contribution is -2.56. The number of ether oxygens (including phenoxy) is 2. The van der Waals surface area contributed by atoms with Crippen molar-refractivity contribution in [3.05, 3.63) is 125 Å². The molecule has 1 saturated heterocycles. The minimum Gasteiger partial charge on any atom is -0.490 e. The van der Waals surface area contributed by atoms with Crippen LogP contribution in [0.5, 0.6) is 11.5 Å². The zero-order valence-corrected chi connectivity index (χ0v) is 23.1. The number of amides is 2. The molecular weight excluding hydrogens is 520 g/mol. The first-order valence-electron chi connectivity index (χ1n) is 13.0. The van der Waals surface area contributed by atoms with E-state index in [-0.39, 0.29) is 10.7 Å². The molecule has 0 N–H and O–H groups in total. The van der Waals surface area contributed by atoms with E-state index in [1.165, 1.54) is 9.80 Å². The van der Waals surface area contributed by atoms with Crippen LogP contribution in [0.25, 0.3) is 6.08 Å². The van der Waals surface area contributed by atoms with E-state index in [0.717, 1.165) is 11.1 Å². The Labute approximate surface area is 239 Å². The van der Waals surface area contributed by atoms with Crippen molar-refractivity contribution in [1.82, 2.24) is 0 Å². The van der Waals surface area contributed by atoms with Gasteiger partial charge in [0.25, 0.3) is 11.8 Å². The van der Waals surface area contributed by atoms with Crippen LogP contribution in [0.4, 0.5) is 11.4 Å². The maximum absolute atomic E-state index is 13.8. The second kappa shape index (κ2) is 12.0. The molecule has 1 aliphatic rings. The fourth-order valence-corrected chi connectivity index (χ4v) is 4.85. The third-order valence-corrected chi connectivity index (χ3v) is 6.70. The smallest absolute Gasteiger partial charge is 0.270 e. The van der Waals surface area contributed by atoms with Gasteiger partial charge in [-0.2, -0.15) is 0 Å². The average Bonchev–Trinajstić information content (AvgIpc) is 2.96. The summed E-state index contributed by atoms with van der Waals surface area (Å²) in [5, 5.41) is 0.0967. The summed E-state index contributed by atoms with van der Waals surface area (Å²) in [6.07, 6.45) is 1.57. The van der Waals surface area contributed by atoms with E-state index in [1.54, 1.807) is 48.5 Å². The van der Waals surface area contributed by atoms with E-state index in [1.807, 2.05) is 68.4 Å². The number of hydrogen-bond acceptors (Lipinski definition) is 5. The first kappa shape index (κ1) is 26.8. The Morgan fingerprint density at radius 3 is 1.93 bits per heavy atom. The lowest BCUT2D eigenvalue weighted by molar-refractivity contribution is -0.120. The number of anilines is 2. The highest BCUT2D eigenvalue weighted by molar-refractivity contribution is 7.81. The van der Waals surface area contributed by atoms with Gasteiger partial charge in [0.15, 0.2) is 16.6 Å². The van der Waals surface area contributed by atoms with Crippen molar-refractivity contribution in [3.63, 3.8) is 0 Å². The average molecular weight is 549 g/mol. The van der Waals surface area contributed by atoms with Gasteiger partial charge in [-0.05, 0) is 79.7 Å². The molecule has 0 aromatic heterocycles. The maximum atomic E-state index is 13.8. The van der Waals surface area contributed by atoms with Crippen LogP contribution in [0.1, 0.15) is 23.6 Å². The maximum Gasteiger partial charge on any atom is 0.270 e. The van der Waals surface area contributed by atoms with Crippen molar-refractivity contribution in [3.8, 4) is 11.5 Å². The van der Waals surface area contributed by atoms with Crippen LogP contribution in [-0.2, 0) is 16.2 Å². The number of para-hydroxylation sites is 2. The normalized spacial score (nSPS) is 13.4. The summed E-state index contributed by atoms with van der Waals surface area (Å²) < 4.78 is 11.9. The Kier molecular flexibility index (Phi) is 8.03. The molecule has 7 heteroatoms. The van der Waals surface area contributed by atoms with Crippen molar-refractivity contribution < 1.29 is 19.1 Å². The van der Waals surface area contributed by atoms with Crippen LogP contribution in [0, 0.1) is 6.92 Å². The number of rotatable bonds is 8. The summed E-state index contributed by atoms with van der Waals surface area (Å²) in [5.74, 6) is 0.109. The van der Waals surface area contributed by atoms with Crippen molar-refractivity contribution in [1.29, 1.82) is 0 Å². The lowest BCUT2D eigenvalue weighted by Gasteiger charge is -2.36. The molecule has 1 heterocycles. The second-order valence-corrected chi connectivity index (χ2v) is 9.57. The van der Waals surface area contributed by atoms with Crippen molar-refractivity contribution in [2.75, 3.05) is 16.4 Å². The highest BCUT2D eigenvalue weighted by Crippen LogP contribution is 2.33. The van der Waals surface area contributed by atoms with Gasteiger partial charge in [0.1, 0.15) is 12.2 Å². The number of hydrogen-bond donors (Lipinski definition) is 0. The molecule has 0 spiro atoms. The molecule has 6 nitrogen and oxygen atoms in total. The standard InChI is InChI=1S/C33H28N2O4S/c1-3-38-30-21-24(17-18-29(30)39-22-25-12-10-11-23(2)19-25)20-28-31(36)34(26-13-6-4-7-14-26)33(40)35(32(28)37)27-15-8-5-9-16-27/h4-21H,3,22H2,1-2H3. The Hall–Kier alpha value is -4.75. The van der Waals surface area contributed by atoms with Gasteiger partial charge in [0.2, 0.25) is 0 Å². The molecule has 0 bridgehead atoms. The van der Waals surface area contributed by atoms with Crippen LogP contribution < -0.4 is 19.3 Å². The number of thiocarbonyl (C=S) groups is 1. The molecule has 1 aliphatic heterocycles. The summed E-state index contributed by atoms with van der Waals surface area (Å²) in [4.78, 5) is 30.3. The van der Waals surface area contributed by atoms with Crippen LogP contribution >= 0.6 is 12.2 Å². The van der Waals surface area contributed by atoms with E-state index in [4.69, 9.17) is 21.7 Å². The molecule has 5 rings (SSSR count). The Balaban J connectivity index is 1.52. The number of carbonyl (C=O) groups excluding carboxylic acids is 2. The Morgan fingerprint density at radius 2 is 1.35 bits per heavy atom. The van der Waals surface area contributed by atoms with Crippen LogP contribution in [-0.4, -0.2) is 23.5 Å². The molecule has 4 aromatic rings. The minimum atomic E-state index is -0.494. The molecule has 200 valence electrons. The summed E-state index contributed by atoms with van der Waals surface area (Å²) in [6, 6.07) is 31.6. The highest BCUT2D eigenvalue weighted by Gasteiger charge is 2.41. The first-order valence-corrected chi connectivity index (χ1v) is 13.4. The topological polar surface area (TPSA) is 59.1 Å². The lowest BCUT2D eigenvalue weighted by atomic mass is 10.0. The van der Waals surface area contributed by atoms with Crippen molar-refractivity contribution in [2.45, 2.75) is 20.5 Å². The third kappa shape index (κ3) is 5.65. The van der Waals surface area contributed by atoms with E-state index < -0.39 is 11.8 Å². The summed E-state index contributed by atoms with van der Waals surface area (Å²) in [6.45, 7) is 4.74. The van der Waals surface area contributed by atoms with Gasteiger partial charge < -0.3 is 9.47 Å². The fraction of sp³-hybridized carbons (Fsp3) is 0.121. The molecule has 4 aromatic carbocycles. The zero-order valence-electron chi connectivity index (χ0n) is 22.2. The van der Waals surface area contributed by atoms with Crippen LogP contribution in [0.3, 0.4) is 0 Å². The van der Waals surface area contributed by atoms with Gasteiger partial charge in [-0.1, -0.05) is 72.3 Å². The van der Waals surface area contributed by atoms with Crippen molar-refractivity contribution >= 4 is 46.6 Å². The molecule has 2 amide bonds. The van der Waals surface area contributed by atoms with Gasteiger partial charge >= 0.3 is 0 Å². The molecule has 0 radical (unpaired) electrons. The monoisotopic (exact) mass is 548 g/mol. The second-order valence-electron chi connectivity index (χ2n) is 9.21. The predicted octanol–water partition coefficient (Wildman–Crippen LogP) is 6.72.